The fourth-order valence-corrected chi connectivity index (χ4v) is 4.94. The first-order chi connectivity index (χ1) is 15.2. The number of hydrogen-bond acceptors (Lipinski definition) is 3. The molecule has 2 aromatic carbocycles. The van der Waals surface area contributed by atoms with Gasteiger partial charge in [0.1, 0.15) is 0 Å². The number of rotatable bonds is 4. The van der Waals surface area contributed by atoms with Gasteiger partial charge in [-0.2, -0.15) is 0 Å². The second-order valence-corrected chi connectivity index (χ2v) is 8.61. The molecular formula is C23H26F4N4O. The van der Waals surface area contributed by atoms with Crippen LogP contribution in [-0.4, -0.2) is 55.1 Å². The van der Waals surface area contributed by atoms with E-state index >= 15 is 0 Å². The molecule has 4 rings (SSSR count). The van der Waals surface area contributed by atoms with Crippen molar-refractivity contribution in [2.75, 3.05) is 27.2 Å². The average Bonchev–Trinajstić information content (AvgIpc) is 3.28. The highest BCUT2D eigenvalue weighted by molar-refractivity contribution is 5.75. The lowest BCUT2D eigenvalue weighted by molar-refractivity contribution is 0.220. The van der Waals surface area contributed by atoms with E-state index in [1.54, 1.807) is 0 Å². The second kappa shape index (κ2) is 9.07. The van der Waals surface area contributed by atoms with Crippen molar-refractivity contribution in [1.29, 1.82) is 0 Å². The Morgan fingerprint density at radius 1 is 0.750 bits per heavy atom. The lowest BCUT2D eigenvalue weighted by atomic mass is 9.99. The van der Waals surface area contributed by atoms with E-state index in [0.29, 0.717) is 37.1 Å². The number of nitrogens with zero attached hydrogens (tertiary/aromatic N) is 2. The van der Waals surface area contributed by atoms with E-state index in [0.717, 1.165) is 12.1 Å². The Labute approximate surface area is 184 Å². The summed E-state index contributed by atoms with van der Waals surface area (Å²) in [6, 6.07) is 6.04. The van der Waals surface area contributed by atoms with Gasteiger partial charge in [0.15, 0.2) is 23.3 Å². The number of likely N-dealkylation sites (N-methyl/N-ethyl adjacent to an activating group) is 2. The Kier molecular flexibility index (Phi) is 6.39. The van der Waals surface area contributed by atoms with Crippen LogP contribution in [-0.2, 0) is 0 Å². The van der Waals surface area contributed by atoms with Crippen LogP contribution in [0.5, 0.6) is 0 Å². The molecule has 2 aliphatic heterocycles. The predicted molar refractivity (Wildman–Crippen MR) is 112 cm³/mol. The summed E-state index contributed by atoms with van der Waals surface area (Å²) in [6.45, 7) is 1.39. The van der Waals surface area contributed by atoms with Crippen LogP contribution in [0.15, 0.2) is 36.4 Å². The van der Waals surface area contributed by atoms with Crippen molar-refractivity contribution in [2.24, 2.45) is 0 Å². The molecule has 2 amide bonds. The molecule has 0 bridgehead atoms. The first kappa shape index (κ1) is 22.5. The Bertz CT molecular complexity index is 926. The highest BCUT2D eigenvalue weighted by atomic mass is 19.2. The number of carbonyl (C=O) groups excluding carboxylic acids is 1. The number of nitrogens with one attached hydrogen (secondary N) is 2. The number of halogens is 4. The predicted octanol–water partition coefficient (Wildman–Crippen LogP) is 3.73. The minimum atomic E-state index is -0.922. The van der Waals surface area contributed by atoms with Crippen molar-refractivity contribution in [3.8, 4) is 0 Å². The Morgan fingerprint density at radius 2 is 1.16 bits per heavy atom. The Balaban J connectivity index is 1.46. The lowest BCUT2D eigenvalue weighted by Gasteiger charge is -2.29. The highest BCUT2D eigenvalue weighted by Gasteiger charge is 2.37. The van der Waals surface area contributed by atoms with Crippen molar-refractivity contribution in [1.82, 2.24) is 20.4 Å². The molecule has 0 spiro atoms. The summed E-state index contributed by atoms with van der Waals surface area (Å²) in [5, 5.41) is 5.93. The SMILES string of the molecule is CN1CC[C@@H](NC(=O)N[C@@H]2CCN(C)[C@H]2c2ccc(F)c(F)c2)[C@@H]1c1ccc(F)c(F)c1. The van der Waals surface area contributed by atoms with Crippen LogP contribution in [0.4, 0.5) is 22.4 Å². The van der Waals surface area contributed by atoms with E-state index < -0.39 is 23.3 Å². The van der Waals surface area contributed by atoms with Gasteiger partial charge in [-0.05, 0) is 62.3 Å². The van der Waals surface area contributed by atoms with E-state index in [9.17, 15) is 22.4 Å². The highest BCUT2D eigenvalue weighted by Crippen LogP contribution is 2.33. The van der Waals surface area contributed by atoms with Crippen molar-refractivity contribution >= 4 is 6.03 Å². The monoisotopic (exact) mass is 450 g/mol. The third-order valence-corrected chi connectivity index (χ3v) is 6.50. The Morgan fingerprint density at radius 3 is 1.53 bits per heavy atom. The molecule has 9 heteroatoms. The summed E-state index contributed by atoms with van der Waals surface area (Å²) in [5.74, 6) is -3.67. The summed E-state index contributed by atoms with van der Waals surface area (Å²) in [7, 11) is 3.74. The fourth-order valence-electron chi connectivity index (χ4n) is 4.94. The van der Waals surface area contributed by atoms with Gasteiger partial charge in [0.2, 0.25) is 0 Å². The standard InChI is InChI=1S/C23H26F4N4O/c1-30-9-7-19(21(30)13-3-5-15(24)17(26)11-13)28-23(32)29-20-8-10-31(2)22(20)14-4-6-16(25)18(27)12-14/h3-6,11-12,19-22H,7-10H2,1-2H3,(H2,28,29,32)/t19-,20-,21+,22+/m1/s1. The smallest absolute Gasteiger partial charge is 0.315 e. The zero-order valence-electron chi connectivity index (χ0n) is 17.9. The van der Waals surface area contributed by atoms with Gasteiger partial charge in [0, 0.05) is 13.1 Å². The number of urea groups is 1. The molecule has 5 nitrogen and oxygen atoms in total. The molecule has 172 valence electrons. The zero-order chi connectivity index (χ0) is 23.0. The van der Waals surface area contributed by atoms with Crippen LogP contribution in [0.3, 0.4) is 0 Å². The van der Waals surface area contributed by atoms with E-state index in [1.807, 2.05) is 23.9 Å². The normalized spacial score (nSPS) is 26.4. The largest absolute Gasteiger partial charge is 0.333 e. The maximum absolute atomic E-state index is 13.8. The molecule has 4 atom stereocenters. The molecule has 2 fully saturated rings. The third kappa shape index (κ3) is 4.45. The van der Waals surface area contributed by atoms with Gasteiger partial charge in [-0.25, -0.2) is 22.4 Å². The van der Waals surface area contributed by atoms with Crippen molar-refractivity contribution in [3.05, 3.63) is 70.8 Å². The lowest BCUT2D eigenvalue weighted by Crippen LogP contribution is -2.49. The first-order valence-corrected chi connectivity index (χ1v) is 10.6. The first-order valence-electron chi connectivity index (χ1n) is 10.6. The van der Waals surface area contributed by atoms with Crippen LogP contribution in [0.2, 0.25) is 0 Å². The van der Waals surface area contributed by atoms with Crippen molar-refractivity contribution in [3.63, 3.8) is 0 Å². The van der Waals surface area contributed by atoms with Crippen LogP contribution in [0.1, 0.15) is 36.1 Å². The average molecular weight is 450 g/mol. The maximum atomic E-state index is 13.8. The molecule has 0 radical (unpaired) electrons. The van der Waals surface area contributed by atoms with Gasteiger partial charge in [-0.15, -0.1) is 0 Å². The number of benzene rings is 2. The number of hydrogen-bond donors (Lipinski definition) is 2. The summed E-state index contributed by atoms with van der Waals surface area (Å²) < 4.78 is 54.2. The molecule has 0 aromatic heterocycles. The van der Waals surface area contributed by atoms with Gasteiger partial charge < -0.3 is 10.6 Å². The molecule has 2 N–H and O–H groups in total. The van der Waals surface area contributed by atoms with Gasteiger partial charge in [-0.1, -0.05) is 12.1 Å². The van der Waals surface area contributed by atoms with E-state index in [4.69, 9.17) is 0 Å². The number of carbonyl (C=O) groups is 1. The number of likely N-dealkylation sites (tertiary alicyclic amines) is 2. The van der Waals surface area contributed by atoms with E-state index in [-0.39, 0.29) is 30.2 Å². The molecule has 0 saturated carbocycles. The zero-order valence-corrected chi connectivity index (χ0v) is 17.9. The van der Waals surface area contributed by atoms with Crippen molar-refractivity contribution < 1.29 is 22.4 Å². The molecule has 0 unspecified atom stereocenters. The topological polar surface area (TPSA) is 47.6 Å². The summed E-state index contributed by atoms with van der Waals surface area (Å²) in [6.07, 6.45) is 1.31. The van der Waals surface area contributed by atoms with Gasteiger partial charge in [0.05, 0.1) is 24.2 Å². The summed E-state index contributed by atoms with van der Waals surface area (Å²) >= 11 is 0. The quantitative estimate of drug-likeness (QED) is 0.698. The molecule has 32 heavy (non-hydrogen) atoms. The third-order valence-electron chi connectivity index (χ3n) is 6.50. The van der Waals surface area contributed by atoms with Crippen LogP contribution >= 0.6 is 0 Å². The molecule has 2 aromatic rings. The molecule has 0 aliphatic carbocycles. The van der Waals surface area contributed by atoms with Crippen LogP contribution in [0.25, 0.3) is 0 Å². The van der Waals surface area contributed by atoms with Gasteiger partial charge in [-0.3, -0.25) is 9.80 Å². The number of amides is 2. The Hall–Kier alpha value is -2.65. The van der Waals surface area contributed by atoms with E-state index in [1.165, 1.54) is 24.3 Å². The minimum absolute atomic E-state index is 0.286. The van der Waals surface area contributed by atoms with Gasteiger partial charge >= 0.3 is 6.03 Å². The van der Waals surface area contributed by atoms with Gasteiger partial charge in [0.25, 0.3) is 0 Å². The van der Waals surface area contributed by atoms with E-state index in [2.05, 4.69) is 10.6 Å². The molecular weight excluding hydrogens is 424 g/mol. The fraction of sp³-hybridized carbons (Fsp3) is 0.435. The maximum Gasteiger partial charge on any atom is 0.315 e. The van der Waals surface area contributed by atoms with Crippen LogP contribution in [0, 0.1) is 23.3 Å². The molecule has 2 saturated heterocycles. The summed E-state index contributed by atoms with van der Waals surface area (Å²) in [4.78, 5) is 16.8. The summed E-state index contributed by atoms with van der Waals surface area (Å²) in [5.41, 5.74) is 1.18. The molecule has 2 aliphatic rings. The van der Waals surface area contributed by atoms with Crippen LogP contribution < -0.4 is 10.6 Å². The second-order valence-electron chi connectivity index (χ2n) is 8.61. The van der Waals surface area contributed by atoms with Crippen molar-refractivity contribution in [2.45, 2.75) is 37.0 Å². The molecule has 2 heterocycles. The minimum Gasteiger partial charge on any atom is -0.333 e.